The van der Waals surface area contributed by atoms with Crippen LogP contribution < -0.4 is 5.32 Å². The summed E-state index contributed by atoms with van der Waals surface area (Å²) in [7, 11) is -3.98. The van der Waals surface area contributed by atoms with Crippen LogP contribution in [0.4, 0.5) is 0 Å². The second-order valence-electron chi connectivity index (χ2n) is 9.15. The molecule has 0 radical (unpaired) electrons. The number of rotatable bonds is 4. The van der Waals surface area contributed by atoms with Crippen molar-refractivity contribution < 1.29 is 13.0 Å². The van der Waals surface area contributed by atoms with E-state index in [0.717, 1.165) is 42.2 Å². The highest BCUT2D eigenvalue weighted by molar-refractivity contribution is 7.86. The van der Waals surface area contributed by atoms with E-state index in [9.17, 15) is 13.0 Å². The van der Waals surface area contributed by atoms with Gasteiger partial charge < -0.3 is 5.32 Å². The van der Waals surface area contributed by atoms with Crippen LogP contribution in [-0.4, -0.2) is 30.8 Å². The molecule has 0 aliphatic heterocycles. The lowest BCUT2D eigenvalue weighted by atomic mass is 9.54. The van der Waals surface area contributed by atoms with Crippen LogP contribution in [-0.2, 0) is 10.1 Å². The molecule has 2 atom stereocenters. The Hall–Kier alpha value is -0.390. The lowest BCUT2D eigenvalue weighted by Gasteiger charge is -2.55. The average Bonchev–Trinajstić information content (AvgIpc) is 2.48. The molecule has 4 saturated carbocycles. The van der Waals surface area contributed by atoms with E-state index in [-0.39, 0.29) is 5.92 Å². The van der Waals surface area contributed by atoms with E-state index in [0.29, 0.717) is 12.5 Å². The van der Waals surface area contributed by atoms with E-state index in [2.05, 4.69) is 12.2 Å². The molecule has 0 amide bonds. The molecule has 5 aliphatic carbocycles. The van der Waals surface area contributed by atoms with Crippen molar-refractivity contribution in [1.29, 1.82) is 0 Å². The molecule has 2 N–H and O–H groups in total. The van der Waals surface area contributed by atoms with Gasteiger partial charge >= 0.3 is 0 Å². The standard InChI is InChI=1S/C19H31NO3S/c1-11-3-17(18(4-12(11)2)24(21,22)23)10-20-19-15-6-13-5-14(8-15)9-16(19)7-13/h13-20H,3-10H2,1-2H3,(H,21,22,23). The zero-order valence-electron chi connectivity index (χ0n) is 14.9. The first-order valence-electron chi connectivity index (χ1n) is 9.66. The Morgan fingerprint density at radius 2 is 1.50 bits per heavy atom. The second kappa shape index (κ2) is 6.10. The van der Waals surface area contributed by atoms with E-state index in [1.165, 1.54) is 37.7 Å². The molecule has 0 spiro atoms. The zero-order valence-corrected chi connectivity index (χ0v) is 15.7. The number of hydrogen-bond acceptors (Lipinski definition) is 3. The van der Waals surface area contributed by atoms with Crippen molar-refractivity contribution in [3.63, 3.8) is 0 Å². The fourth-order valence-corrected chi connectivity index (χ4v) is 7.58. The average molecular weight is 354 g/mol. The number of hydrogen-bond donors (Lipinski definition) is 2. The predicted octanol–water partition coefficient (Wildman–Crippen LogP) is 3.40. The highest BCUT2D eigenvalue weighted by atomic mass is 32.2. The highest BCUT2D eigenvalue weighted by Crippen LogP contribution is 2.53. The molecule has 4 bridgehead atoms. The van der Waals surface area contributed by atoms with Crippen LogP contribution in [0.15, 0.2) is 11.1 Å². The van der Waals surface area contributed by atoms with Gasteiger partial charge in [0.25, 0.3) is 10.1 Å². The molecule has 0 aromatic heterocycles. The van der Waals surface area contributed by atoms with Crippen LogP contribution in [0.1, 0.15) is 58.8 Å². The van der Waals surface area contributed by atoms with Crippen molar-refractivity contribution in [3.8, 4) is 0 Å². The predicted molar refractivity (Wildman–Crippen MR) is 95.3 cm³/mol. The topological polar surface area (TPSA) is 66.4 Å². The fraction of sp³-hybridized carbons (Fsp3) is 0.895. The van der Waals surface area contributed by atoms with Gasteiger partial charge in [0.05, 0.1) is 5.25 Å². The SMILES string of the molecule is CC1=C(C)CC(S(=O)(=O)O)C(CNC2C3CC4CC(C3)CC2C4)C1. The molecule has 4 nitrogen and oxygen atoms in total. The lowest BCUT2D eigenvalue weighted by Crippen LogP contribution is -2.56. The third kappa shape index (κ3) is 3.08. The van der Waals surface area contributed by atoms with E-state index in [1.807, 2.05) is 6.92 Å². The van der Waals surface area contributed by atoms with Crippen LogP contribution >= 0.6 is 0 Å². The summed E-state index contributed by atoms with van der Waals surface area (Å²) in [6.45, 7) is 4.82. The Labute approximate surface area is 146 Å². The molecule has 5 heteroatoms. The van der Waals surface area contributed by atoms with Crippen LogP contribution in [0.2, 0.25) is 0 Å². The summed E-state index contributed by atoms with van der Waals surface area (Å²) in [6, 6.07) is 0.576. The maximum Gasteiger partial charge on any atom is 0.268 e. The van der Waals surface area contributed by atoms with E-state index < -0.39 is 15.4 Å². The highest BCUT2D eigenvalue weighted by Gasteiger charge is 2.48. The van der Waals surface area contributed by atoms with Gasteiger partial charge in [-0.2, -0.15) is 8.42 Å². The van der Waals surface area contributed by atoms with Gasteiger partial charge in [0, 0.05) is 6.04 Å². The van der Waals surface area contributed by atoms with Crippen molar-refractivity contribution in [3.05, 3.63) is 11.1 Å². The maximum absolute atomic E-state index is 11.9. The molecule has 136 valence electrons. The van der Waals surface area contributed by atoms with Crippen LogP contribution in [0.5, 0.6) is 0 Å². The van der Waals surface area contributed by atoms with Gasteiger partial charge in [-0.1, -0.05) is 11.1 Å². The van der Waals surface area contributed by atoms with Crippen LogP contribution in [0, 0.1) is 29.6 Å². The van der Waals surface area contributed by atoms with Gasteiger partial charge in [0.1, 0.15) is 0 Å². The summed E-state index contributed by atoms with van der Waals surface area (Å²) >= 11 is 0. The molecule has 5 rings (SSSR count). The Morgan fingerprint density at radius 1 is 0.958 bits per heavy atom. The molecular weight excluding hydrogens is 322 g/mol. The van der Waals surface area contributed by atoms with Gasteiger partial charge in [-0.25, -0.2) is 0 Å². The van der Waals surface area contributed by atoms with E-state index >= 15 is 0 Å². The first-order chi connectivity index (χ1) is 11.3. The van der Waals surface area contributed by atoms with Crippen molar-refractivity contribution in [2.24, 2.45) is 29.6 Å². The number of nitrogens with one attached hydrogen (secondary N) is 1. The summed E-state index contributed by atoms with van der Waals surface area (Å²) < 4.78 is 33.4. The monoisotopic (exact) mass is 353 g/mol. The first-order valence-corrected chi connectivity index (χ1v) is 11.2. The minimum atomic E-state index is -3.98. The maximum atomic E-state index is 11.9. The largest absolute Gasteiger partial charge is 0.313 e. The molecule has 0 saturated heterocycles. The van der Waals surface area contributed by atoms with Crippen molar-refractivity contribution in [2.75, 3.05) is 6.54 Å². The molecule has 4 fully saturated rings. The van der Waals surface area contributed by atoms with Gasteiger partial charge in [0.15, 0.2) is 0 Å². The second-order valence-corrected chi connectivity index (χ2v) is 10.8. The van der Waals surface area contributed by atoms with Crippen LogP contribution in [0.25, 0.3) is 0 Å². The van der Waals surface area contributed by atoms with Gasteiger partial charge in [0.2, 0.25) is 0 Å². The minimum Gasteiger partial charge on any atom is -0.313 e. The summed E-state index contributed by atoms with van der Waals surface area (Å²) in [5, 5.41) is 3.14. The summed E-state index contributed by atoms with van der Waals surface area (Å²) in [5.41, 5.74) is 2.43. The molecule has 0 aromatic rings. The fourth-order valence-electron chi connectivity index (χ4n) is 6.44. The van der Waals surface area contributed by atoms with Crippen molar-refractivity contribution in [1.82, 2.24) is 5.32 Å². The molecular formula is C19H31NO3S. The van der Waals surface area contributed by atoms with E-state index in [1.54, 1.807) is 0 Å². The Kier molecular flexibility index (Phi) is 4.33. The molecule has 0 heterocycles. The molecule has 2 unspecified atom stereocenters. The first kappa shape index (κ1) is 17.0. The molecule has 0 aromatic carbocycles. The summed E-state index contributed by atoms with van der Waals surface area (Å²) in [5.74, 6) is 3.51. The zero-order chi connectivity index (χ0) is 17.1. The molecule has 5 aliphatic rings. The van der Waals surface area contributed by atoms with Gasteiger partial charge in [-0.3, -0.25) is 4.55 Å². The van der Waals surface area contributed by atoms with Gasteiger partial charge in [-0.15, -0.1) is 0 Å². The molecule has 24 heavy (non-hydrogen) atoms. The summed E-state index contributed by atoms with van der Waals surface area (Å²) in [6.07, 6.45) is 8.21. The van der Waals surface area contributed by atoms with Crippen molar-refractivity contribution >= 4 is 10.1 Å². The Balaban J connectivity index is 1.44. The lowest BCUT2D eigenvalue weighted by molar-refractivity contribution is -0.0149. The summed E-state index contributed by atoms with van der Waals surface area (Å²) in [4.78, 5) is 0. The smallest absolute Gasteiger partial charge is 0.268 e. The van der Waals surface area contributed by atoms with Gasteiger partial charge in [-0.05, 0) is 94.9 Å². The quantitative estimate of drug-likeness (QED) is 0.600. The third-order valence-electron chi connectivity index (χ3n) is 7.56. The minimum absolute atomic E-state index is 0.000822. The Morgan fingerprint density at radius 3 is 2.04 bits per heavy atom. The van der Waals surface area contributed by atoms with Crippen molar-refractivity contribution in [2.45, 2.75) is 70.1 Å². The van der Waals surface area contributed by atoms with Crippen LogP contribution in [0.3, 0.4) is 0 Å². The Bertz CT molecular complexity index is 611. The normalized spacial score (nSPS) is 45.0. The van der Waals surface area contributed by atoms with E-state index in [4.69, 9.17) is 0 Å². The number of allylic oxidation sites excluding steroid dienone is 2. The third-order valence-corrected chi connectivity index (χ3v) is 8.87.